The molecule has 1 aromatic carbocycles. The van der Waals surface area contributed by atoms with E-state index in [9.17, 15) is 0 Å². The van der Waals surface area contributed by atoms with Gasteiger partial charge in [0.05, 0.1) is 13.2 Å². The number of fused-ring (bicyclic) bond motifs is 2. The summed E-state index contributed by atoms with van der Waals surface area (Å²) in [7, 11) is 0. The summed E-state index contributed by atoms with van der Waals surface area (Å²) in [5.41, 5.74) is 0. The van der Waals surface area contributed by atoms with Crippen molar-refractivity contribution in [3.8, 4) is 11.5 Å². The van der Waals surface area contributed by atoms with E-state index in [0.717, 1.165) is 50.5 Å². The molecule has 2 unspecified atom stereocenters. The lowest BCUT2D eigenvalue weighted by atomic mass is 10.2. The van der Waals surface area contributed by atoms with Crippen LogP contribution in [0.25, 0.3) is 0 Å². The van der Waals surface area contributed by atoms with Crippen LogP contribution in [0.15, 0.2) is 24.3 Å². The first-order chi connectivity index (χ1) is 16.2. The minimum Gasteiger partial charge on any atom is -0.475 e. The van der Waals surface area contributed by atoms with Crippen LogP contribution in [-0.4, -0.2) is 61.6 Å². The zero-order valence-corrected chi connectivity index (χ0v) is 21.9. The third-order valence-electron chi connectivity index (χ3n) is 6.59. The average Bonchev–Trinajstić information content (AvgIpc) is 2.82. The Bertz CT molecular complexity index is 565. The summed E-state index contributed by atoms with van der Waals surface area (Å²) in [6.07, 6.45) is 12.0. The summed E-state index contributed by atoms with van der Waals surface area (Å²) in [6, 6.07) is 8.22. The van der Waals surface area contributed by atoms with E-state index in [1.807, 2.05) is 0 Å². The first-order valence-corrected chi connectivity index (χ1v) is 13.7. The van der Waals surface area contributed by atoms with Crippen molar-refractivity contribution in [1.82, 2.24) is 9.80 Å². The van der Waals surface area contributed by atoms with E-state index in [0.29, 0.717) is 13.2 Å². The second-order valence-electron chi connectivity index (χ2n) is 9.19. The van der Waals surface area contributed by atoms with Crippen molar-refractivity contribution in [3.05, 3.63) is 24.3 Å². The fourth-order valence-electron chi connectivity index (χ4n) is 4.53. The average molecular weight is 463 g/mol. The van der Waals surface area contributed by atoms with E-state index in [-0.39, 0.29) is 12.5 Å². The van der Waals surface area contributed by atoms with Crippen LogP contribution in [0, 0.1) is 0 Å². The molecule has 5 nitrogen and oxygen atoms in total. The summed E-state index contributed by atoms with van der Waals surface area (Å²) in [5, 5.41) is 0. The van der Waals surface area contributed by atoms with Crippen LogP contribution in [0.1, 0.15) is 91.9 Å². The van der Waals surface area contributed by atoms with Crippen molar-refractivity contribution in [2.24, 2.45) is 0 Å². The fraction of sp³-hybridized carbons (Fsp3) is 0.786. The fourth-order valence-corrected chi connectivity index (χ4v) is 4.53. The third kappa shape index (κ3) is 10.7. The van der Waals surface area contributed by atoms with Gasteiger partial charge in [0.2, 0.25) is 0 Å². The Hall–Kier alpha value is -1.30. The molecule has 0 radical (unpaired) electrons. The van der Waals surface area contributed by atoms with Crippen LogP contribution in [0.5, 0.6) is 11.5 Å². The molecule has 0 fully saturated rings. The highest BCUT2D eigenvalue weighted by Gasteiger charge is 2.22. The number of unbranched alkanes of at least 4 members (excludes halogenated alkanes) is 6. The van der Waals surface area contributed by atoms with Gasteiger partial charge in [-0.05, 0) is 38.1 Å². The first kappa shape index (κ1) is 27.9. The van der Waals surface area contributed by atoms with E-state index in [1.54, 1.807) is 0 Å². The number of benzene rings is 1. The lowest BCUT2D eigenvalue weighted by Crippen LogP contribution is -2.42. The number of ether oxygens (including phenoxy) is 3. The van der Waals surface area contributed by atoms with Gasteiger partial charge in [0.15, 0.2) is 12.5 Å². The monoisotopic (exact) mass is 462 g/mol. The molecule has 1 aliphatic rings. The van der Waals surface area contributed by atoms with Gasteiger partial charge in [-0.2, -0.15) is 0 Å². The van der Waals surface area contributed by atoms with Crippen LogP contribution >= 0.6 is 0 Å². The minimum atomic E-state index is 0.0350. The minimum absolute atomic E-state index is 0.0350. The predicted molar refractivity (Wildman–Crippen MR) is 138 cm³/mol. The molecular weight excluding hydrogens is 412 g/mol. The van der Waals surface area contributed by atoms with Gasteiger partial charge in [0, 0.05) is 32.0 Å². The second-order valence-corrected chi connectivity index (χ2v) is 9.19. The van der Waals surface area contributed by atoms with E-state index in [2.05, 4.69) is 61.8 Å². The molecule has 0 N–H and O–H groups in total. The van der Waals surface area contributed by atoms with Gasteiger partial charge < -0.3 is 14.2 Å². The number of nitrogens with zero attached hydrogens (tertiary/aromatic N) is 2. The Kier molecular flexibility index (Phi) is 14.5. The summed E-state index contributed by atoms with van der Waals surface area (Å²) in [6.45, 7) is 14.5. The Morgan fingerprint density at radius 3 is 1.61 bits per heavy atom. The number of rotatable bonds is 14. The van der Waals surface area contributed by atoms with Crippen LogP contribution in [0.3, 0.4) is 0 Å². The van der Waals surface area contributed by atoms with Crippen molar-refractivity contribution < 1.29 is 14.2 Å². The van der Waals surface area contributed by atoms with E-state index in [4.69, 9.17) is 14.2 Å². The Labute approximate surface area is 203 Å². The molecule has 0 saturated carbocycles. The lowest BCUT2D eigenvalue weighted by molar-refractivity contribution is -0.0260. The molecule has 190 valence electrons. The maximum atomic E-state index is 6.50. The molecule has 0 saturated heterocycles. The van der Waals surface area contributed by atoms with Gasteiger partial charge >= 0.3 is 0 Å². The highest BCUT2D eigenvalue weighted by molar-refractivity contribution is 5.33. The maximum absolute atomic E-state index is 6.50. The van der Waals surface area contributed by atoms with Crippen LogP contribution in [0.4, 0.5) is 0 Å². The smallest absolute Gasteiger partial charge is 0.154 e. The largest absolute Gasteiger partial charge is 0.475 e. The number of hydrogen-bond acceptors (Lipinski definition) is 5. The molecule has 0 amide bonds. The highest BCUT2D eigenvalue weighted by atomic mass is 16.5. The van der Waals surface area contributed by atoms with Crippen molar-refractivity contribution in [1.29, 1.82) is 0 Å². The van der Waals surface area contributed by atoms with E-state index >= 15 is 0 Å². The zero-order valence-electron chi connectivity index (χ0n) is 21.9. The Balaban J connectivity index is 2.07. The summed E-state index contributed by atoms with van der Waals surface area (Å²) in [4.78, 5) is 4.91. The molecule has 1 heterocycles. The van der Waals surface area contributed by atoms with Gasteiger partial charge in [-0.15, -0.1) is 0 Å². The molecule has 2 atom stereocenters. The van der Waals surface area contributed by atoms with Gasteiger partial charge in [-0.1, -0.05) is 72.3 Å². The summed E-state index contributed by atoms with van der Waals surface area (Å²) >= 11 is 0. The second kappa shape index (κ2) is 17.2. The topological polar surface area (TPSA) is 34.2 Å². The summed E-state index contributed by atoms with van der Waals surface area (Å²) < 4.78 is 19.1. The molecule has 2 bridgehead atoms. The number of hydrogen-bond donors (Lipinski definition) is 0. The third-order valence-corrected chi connectivity index (χ3v) is 6.59. The van der Waals surface area contributed by atoms with Gasteiger partial charge in [0.25, 0.3) is 0 Å². The molecule has 0 aliphatic carbocycles. The van der Waals surface area contributed by atoms with Crippen molar-refractivity contribution in [3.63, 3.8) is 0 Å². The molecule has 5 heteroatoms. The predicted octanol–water partition coefficient (Wildman–Crippen LogP) is 6.71. The van der Waals surface area contributed by atoms with E-state index in [1.165, 1.54) is 51.4 Å². The molecule has 33 heavy (non-hydrogen) atoms. The standard InChI is InChI=1S/C28H50N2O3/c1-5-9-11-13-20-29(7-3)27-18-22-31-23-19-28(30(8-4)21-14-12-10-6-2)33-26-17-15-16-25(24-26)32-27/h15-17,24,27-28H,5-14,18-23H2,1-4H3. The lowest BCUT2D eigenvalue weighted by Gasteiger charge is -2.33. The molecule has 1 aromatic rings. The molecule has 1 aliphatic heterocycles. The van der Waals surface area contributed by atoms with Crippen molar-refractivity contribution >= 4 is 0 Å². The SMILES string of the molecule is CCCCCCN(CC)C1CCOCCC(N(CC)CCCCCC)Oc2cccc(c2)O1. The van der Waals surface area contributed by atoms with Gasteiger partial charge in [0.1, 0.15) is 11.5 Å². The maximum Gasteiger partial charge on any atom is 0.154 e. The van der Waals surface area contributed by atoms with E-state index < -0.39 is 0 Å². The van der Waals surface area contributed by atoms with Crippen molar-refractivity contribution in [2.75, 3.05) is 39.4 Å². The molecule has 2 rings (SSSR count). The van der Waals surface area contributed by atoms with Crippen molar-refractivity contribution in [2.45, 2.75) is 104 Å². The van der Waals surface area contributed by atoms with Crippen LogP contribution in [-0.2, 0) is 4.74 Å². The Morgan fingerprint density at radius 2 is 1.18 bits per heavy atom. The first-order valence-electron chi connectivity index (χ1n) is 13.7. The van der Waals surface area contributed by atoms with Crippen LogP contribution < -0.4 is 9.47 Å². The summed E-state index contributed by atoms with van der Waals surface area (Å²) in [5.74, 6) is 1.77. The Morgan fingerprint density at radius 1 is 0.697 bits per heavy atom. The van der Waals surface area contributed by atoms with Crippen LogP contribution in [0.2, 0.25) is 0 Å². The molecule has 0 aromatic heterocycles. The molecular formula is C28H50N2O3. The van der Waals surface area contributed by atoms with Gasteiger partial charge in [-0.25, -0.2) is 0 Å². The normalized spacial score (nSPS) is 19.6. The quantitative estimate of drug-likeness (QED) is 0.287. The molecule has 0 spiro atoms. The highest BCUT2D eigenvalue weighted by Crippen LogP contribution is 2.25. The van der Waals surface area contributed by atoms with Gasteiger partial charge in [-0.3, -0.25) is 9.80 Å². The zero-order chi connectivity index (χ0) is 23.7.